The molecule has 0 aliphatic carbocycles. The molecule has 0 spiro atoms. The molecule has 2 N–H and O–H groups in total. The van der Waals surface area contributed by atoms with E-state index >= 15 is 0 Å². The summed E-state index contributed by atoms with van der Waals surface area (Å²) in [6.45, 7) is 4.45. The molecule has 9 nitrogen and oxygen atoms in total. The minimum absolute atomic E-state index is 0.0265. The summed E-state index contributed by atoms with van der Waals surface area (Å²) in [5, 5.41) is 16.0. The van der Waals surface area contributed by atoms with Crippen LogP contribution in [0.25, 0.3) is 0 Å². The van der Waals surface area contributed by atoms with Crippen molar-refractivity contribution < 1.29 is 23.8 Å². The third-order valence-electron chi connectivity index (χ3n) is 5.35. The second-order valence-electron chi connectivity index (χ2n) is 8.02. The van der Waals surface area contributed by atoms with Crippen molar-refractivity contribution in [3.8, 4) is 17.6 Å². The van der Waals surface area contributed by atoms with Gasteiger partial charge in [-0.3, -0.25) is 4.79 Å². The molecule has 3 aromatic rings. The minimum Gasteiger partial charge on any atom is -0.490 e. The molecule has 0 saturated heterocycles. The third kappa shape index (κ3) is 8.38. The highest BCUT2D eigenvalue weighted by atomic mass is 16.5. The van der Waals surface area contributed by atoms with Gasteiger partial charge in [-0.05, 0) is 49.2 Å². The lowest BCUT2D eigenvalue weighted by atomic mass is 10.0. The molecule has 0 radical (unpaired) electrons. The lowest BCUT2D eigenvalue weighted by molar-refractivity contribution is -0.121. The van der Waals surface area contributed by atoms with Crippen LogP contribution in [0, 0.1) is 11.3 Å². The summed E-state index contributed by atoms with van der Waals surface area (Å²) in [5.41, 5.74) is 5.28. The van der Waals surface area contributed by atoms with Gasteiger partial charge in [0.15, 0.2) is 11.5 Å². The van der Waals surface area contributed by atoms with Crippen molar-refractivity contribution in [1.82, 2.24) is 10.7 Å². The lowest BCUT2D eigenvalue weighted by Crippen LogP contribution is -2.33. The number of nitrogens with one attached hydrogen (secondary N) is 2. The summed E-state index contributed by atoms with van der Waals surface area (Å²) in [7, 11) is 0. The molecule has 1 atom stereocenters. The number of hydrazone groups is 1. The van der Waals surface area contributed by atoms with Crippen molar-refractivity contribution in [1.29, 1.82) is 5.26 Å². The largest absolute Gasteiger partial charge is 0.490 e. The smallest absolute Gasteiger partial charge is 0.407 e. The van der Waals surface area contributed by atoms with Crippen LogP contribution in [0.2, 0.25) is 0 Å². The number of hydrogen-bond acceptors (Lipinski definition) is 7. The average Bonchev–Trinajstić information content (AvgIpc) is 2.93. The Kier molecular flexibility index (Phi) is 10.7. The topological polar surface area (TPSA) is 122 Å². The molecule has 3 rings (SSSR count). The van der Waals surface area contributed by atoms with Gasteiger partial charge in [0, 0.05) is 5.56 Å². The number of carbonyl (C=O) groups excluding carboxylic acids is 2. The van der Waals surface area contributed by atoms with Crippen molar-refractivity contribution in [3.05, 3.63) is 95.1 Å². The van der Waals surface area contributed by atoms with Crippen molar-refractivity contribution in [3.63, 3.8) is 0 Å². The third-order valence-corrected chi connectivity index (χ3v) is 5.35. The predicted octanol–water partition coefficient (Wildman–Crippen LogP) is 4.86. The van der Waals surface area contributed by atoms with Gasteiger partial charge in [0.1, 0.15) is 6.61 Å². The van der Waals surface area contributed by atoms with Gasteiger partial charge >= 0.3 is 6.09 Å². The Hall–Kier alpha value is -4.84. The van der Waals surface area contributed by atoms with Gasteiger partial charge in [-0.1, -0.05) is 48.5 Å². The van der Waals surface area contributed by atoms with E-state index in [0.29, 0.717) is 29.2 Å². The van der Waals surface area contributed by atoms with Crippen LogP contribution >= 0.6 is 0 Å². The number of nitrogens with zero attached hydrogens (tertiary/aromatic N) is 2. The first-order valence-corrected chi connectivity index (χ1v) is 12.2. The highest BCUT2D eigenvalue weighted by molar-refractivity contribution is 5.83. The SMILES string of the molecule is CCOC(=O)N[C@@H](CC(=O)N/N=C\c1ccc(OCc2ccccc2C#N)c(OCC)c1)c1ccccc1. The van der Waals surface area contributed by atoms with Gasteiger partial charge in [0.05, 0.1) is 43.5 Å². The van der Waals surface area contributed by atoms with Crippen LogP contribution in [-0.4, -0.2) is 31.4 Å². The van der Waals surface area contributed by atoms with Gasteiger partial charge in [0.25, 0.3) is 0 Å². The van der Waals surface area contributed by atoms with E-state index < -0.39 is 12.1 Å². The Morgan fingerprint density at radius 1 is 0.974 bits per heavy atom. The van der Waals surface area contributed by atoms with E-state index in [4.69, 9.17) is 14.2 Å². The molecule has 0 aliphatic heterocycles. The van der Waals surface area contributed by atoms with Crippen molar-refractivity contribution in [2.75, 3.05) is 13.2 Å². The lowest BCUT2D eigenvalue weighted by Gasteiger charge is -2.18. The molecule has 0 saturated carbocycles. The number of rotatable bonds is 12. The van der Waals surface area contributed by atoms with E-state index in [0.717, 1.165) is 11.1 Å². The Balaban J connectivity index is 1.63. The molecule has 9 heteroatoms. The average molecular weight is 515 g/mol. The van der Waals surface area contributed by atoms with Gasteiger partial charge < -0.3 is 19.5 Å². The van der Waals surface area contributed by atoms with E-state index in [1.54, 1.807) is 37.3 Å². The normalized spacial score (nSPS) is 11.3. The minimum atomic E-state index is -0.598. The molecule has 3 aromatic carbocycles. The zero-order chi connectivity index (χ0) is 27.2. The van der Waals surface area contributed by atoms with Crippen LogP contribution in [0.1, 0.15) is 48.6 Å². The number of amides is 2. The van der Waals surface area contributed by atoms with Gasteiger partial charge in [-0.25, -0.2) is 10.2 Å². The highest BCUT2D eigenvalue weighted by Gasteiger charge is 2.19. The van der Waals surface area contributed by atoms with E-state index in [9.17, 15) is 14.9 Å². The van der Waals surface area contributed by atoms with Crippen LogP contribution < -0.4 is 20.2 Å². The second-order valence-corrected chi connectivity index (χ2v) is 8.02. The molecular weight excluding hydrogens is 484 g/mol. The van der Waals surface area contributed by atoms with Crippen molar-refractivity contribution >= 4 is 18.2 Å². The fourth-order valence-electron chi connectivity index (χ4n) is 3.57. The Morgan fingerprint density at radius 2 is 1.74 bits per heavy atom. The Bertz CT molecular complexity index is 1290. The maximum Gasteiger partial charge on any atom is 0.407 e. The first-order valence-electron chi connectivity index (χ1n) is 12.2. The number of carbonyl (C=O) groups is 2. The molecule has 0 fully saturated rings. The number of alkyl carbamates (subject to hydrolysis) is 1. The van der Waals surface area contributed by atoms with Crippen molar-refractivity contribution in [2.24, 2.45) is 5.10 Å². The van der Waals surface area contributed by atoms with Gasteiger partial charge in [-0.2, -0.15) is 10.4 Å². The maximum absolute atomic E-state index is 12.6. The highest BCUT2D eigenvalue weighted by Crippen LogP contribution is 2.29. The van der Waals surface area contributed by atoms with Crippen LogP contribution in [-0.2, 0) is 16.1 Å². The summed E-state index contributed by atoms with van der Waals surface area (Å²) < 4.78 is 16.6. The molecule has 0 unspecified atom stereocenters. The van der Waals surface area contributed by atoms with Crippen LogP contribution in [0.3, 0.4) is 0 Å². The summed E-state index contributed by atoms with van der Waals surface area (Å²) in [4.78, 5) is 24.5. The Labute approximate surface area is 222 Å². The summed E-state index contributed by atoms with van der Waals surface area (Å²) in [6.07, 6.45) is 0.867. The fourth-order valence-corrected chi connectivity index (χ4v) is 3.57. The molecular formula is C29H30N4O5. The molecule has 2 amide bonds. The number of hydrogen-bond donors (Lipinski definition) is 2. The number of benzene rings is 3. The van der Waals surface area contributed by atoms with E-state index in [2.05, 4.69) is 21.9 Å². The van der Waals surface area contributed by atoms with Crippen LogP contribution in [0.4, 0.5) is 4.79 Å². The second kappa shape index (κ2) is 14.7. The molecule has 0 heterocycles. The Morgan fingerprint density at radius 3 is 2.47 bits per heavy atom. The monoisotopic (exact) mass is 514 g/mol. The van der Waals surface area contributed by atoms with Crippen LogP contribution in [0.5, 0.6) is 11.5 Å². The molecule has 38 heavy (non-hydrogen) atoms. The molecule has 0 aliphatic rings. The molecule has 0 bridgehead atoms. The zero-order valence-electron chi connectivity index (χ0n) is 21.3. The summed E-state index contributed by atoms with van der Waals surface area (Å²) in [6, 6.07) is 23.3. The molecule has 196 valence electrons. The van der Waals surface area contributed by atoms with E-state index in [1.807, 2.05) is 49.4 Å². The van der Waals surface area contributed by atoms with E-state index in [1.165, 1.54) is 6.21 Å². The standard InChI is InChI=1S/C29H30N4O5/c1-3-36-27-16-21(14-15-26(27)38-20-24-13-9-8-12-23(24)18-30)19-31-33-28(34)17-25(32-29(35)37-4-2)22-10-6-5-7-11-22/h5-16,19,25H,3-4,17,20H2,1-2H3,(H,32,35)(H,33,34)/b31-19-/t25-/m0/s1. The first-order chi connectivity index (χ1) is 18.5. The maximum atomic E-state index is 12.6. The zero-order valence-corrected chi connectivity index (χ0v) is 21.3. The van der Waals surface area contributed by atoms with Crippen molar-refractivity contribution in [2.45, 2.75) is 32.9 Å². The quantitative estimate of drug-likeness (QED) is 0.263. The molecule has 0 aromatic heterocycles. The van der Waals surface area contributed by atoms with Gasteiger partial charge in [-0.15, -0.1) is 0 Å². The summed E-state index contributed by atoms with van der Waals surface area (Å²) in [5.74, 6) is 0.657. The van der Waals surface area contributed by atoms with E-state index in [-0.39, 0.29) is 25.5 Å². The predicted molar refractivity (Wildman–Crippen MR) is 143 cm³/mol. The number of ether oxygens (including phenoxy) is 3. The summed E-state index contributed by atoms with van der Waals surface area (Å²) >= 11 is 0. The van der Waals surface area contributed by atoms with Crippen LogP contribution in [0.15, 0.2) is 77.9 Å². The van der Waals surface area contributed by atoms with Gasteiger partial charge in [0.2, 0.25) is 5.91 Å². The first kappa shape index (κ1) is 27.7. The number of nitriles is 1. The fraction of sp³-hybridized carbons (Fsp3) is 0.241.